The molecule has 0 radical (unpaired) electrons. The summed E-state index contributed by atoms with van der Waals surface area (Å²) in [6, 6.07) is 7.06. The monoisotopic (exact) mass is 378 g/mol. The molecule has 26 heavy (non-hydrogen) atoms. The molecule has 1 aliphatic heterocycles. The Bertz CT molecular complexity index is 923. The van der Waals surface area contributed by atoms with E-state index in [4.69, 9.17) is 4.74 Å². The molecule has 1 aromatic heterocycles. The molecule has 140 valence electrons. The van der Waals surface area contributed by atoms with Crippen molar-refractivity contribution in [3.8, 4) is 11.4 Å². The molecule has 1 aliphatic rings. The van der Waals surface area contributed by atoms with Gasteiger partial charge >= 0.3 is 0 Å². The number of rotatable bonds is 5. The second-order valence-electron chi connectivity index (χ2n) is 6.31. The van der Waals surface area contributed by atoms with Gasteiger partial charge in [-0.25, -0.2) is 13.1 Å². The Hall–Kier alpha value is -2.42. The summed E-state index contributed by atoms with van der Waals surface area (Å²) in [5.74, 6) is 0.431. The summed E-state index contributed by atoms with van der Waals surface area (Å²) >= 11 is 0. The van der Waals surface area contributed by atoms with Crippen LogP contribution < -0.4 is 4.74 Å². The first-order valence-electron chi connectivity index (χ1n) is 8.46. The maximum Gasteiger partial charge on any atom is 0.276 e. The molecule has 0 spiro atoms. The van der Waals surface area contributed by atoms with E-state index in [0.717, 1.165) is 0 Å². The third-order valence-electron chi connectivity index (χ3n) is 4.57. The Morgan fingerprint density at radius 3 is 2.77 bits per heavy atom. The van der Waals surface area contributed by atoms with Crippen molar-refractivity contribution in [2.24, 2.45) is 0 Å². The number of ether oxygens (including phenoxy) is 1. The number of hydrogen-bond acceptors (Lipinski definition) is 6. The average molecular weight is 378 g/mol. The fraction of sp³-hybridized carbons (Fsp3) is 0.471. The lowest BCUT2D eigenvalue weighted by Gasteiger charge is -2.22. The van der Waals surface area contributed by atoms with Crippen molar-refractivity contribution in [2.45, 2.75) is 26.3 Å². The van der Waals surface area contributed by atoms with Gasteiger partial charge in [0.1, 0.15) is 11.4 Å². The van der Waals surface area contributed by atoms with Gasteiger partial charge in [0.15, 0.2) is 15.5 Å². The lowest BCUT2D eigenvalue weighted by atomic mass is 10.2. The molecule has 0 bridgehead atoms. The topological polar surface area (TPSA) is 94.4 Å². The quantitative estimate of drug-likeness (QED) is 0.777. The minimum absolute atomic E-state index is 0.00437. The van der Waals surface area contributed by atoms with Crippen LogP contribution in [0.15, 0.2) is 24.3 Å². The predicted molar refractivity (Wildman–Crippen MR) is 96.4 cm³/mol. The fourth-order valence-corrected chi connectivity index (χ4v) is 4.85. The van der Waals surface area contributed by atoms with E-state index >= 15 is 0 Å². The van der Waals surface area contributed by atoms with Gasteiger partial charge < -0.3 is 9.64 Å². The highest BCUT2D eigenvalue weighted by molar-refractivity contribution is 7.91. The van der Waals surface area contributed by atoms with Crippen molar-refractivity contribution >= 4 is 15.7 Å². The number of benzene rings is 1. The maximum atomic E-state index is 12.8. The molecule has 9 heteroatoms. The molecule has 1 fully saturated rings. The van der Waals surface area contributed by atoms with Crippen molar-refractivity contribution < 1.29 is 17.9 Å². The van der Waals surface area contributed by atoms with Gasteiger partial charge in [0.2, 0.25) is 0 Å². The predicted octanol–water partition coefficient (Wildman–Crippen LogP) is 1.23. The van der Waals surface area contributed by atoms with Crippen LogP contribution >= 0.6 is 0 Å². The van der Waals surface area contributed by atoms with Crippen molar-refractivity contribution in [3.05, 3.63) is 35.7 Å². The van der Waals surface area contributed by atoms with Crippen LogP contribution in [0.4, 0.5) is 0 Å². The molecule has 2 aromatic rings. The zero-order valence-electron chi connectivity index (χ0n) is 15.0. The van der Waals surface area contributed by atoms with Crippen molar-refractivity contribution in [3.63, 3.8) is 0 Å². The second-order valence-corrected chi connectivity index (χ2v) is 8.54. The summed E-state index contributed by atoms with van der Waals surface area (Å²) in [6.07, 6.45) is 0.449. The van der Waals surface area contributed by atoms with E-state index in [1.54, 1.807) is 18.7 Å². The third kappa shape index (κ3) is 3.44. The Labute approximate surface area is 152 Å². The molecule has 0 N–H and O–H groups in total. The molecule has 1 saturated heterocycles. The Morgan fingerprint density at radius 2 is 2.12 bits per heavy atom. The highest BCUT2D eigenvalue weighted by Crippen LogP contribution is 2.25. The molecule has 0 saturated carbocycles. The van der Waals surface area contributed by atoms with E-state index < -0.39 is 9.84 Å². The van der Waals surface area contributed by atoms with Gasteiger partial charge in [-0.15, -0.1) is 5.10 Å². The second kappa shape index (κ2) is 7.06. The number of sulfone groups is 1. The smallest absolute Gasteiger partial charge is 0.276 e. The number of amides is 1. The van der Waals surface area contributed by atoms with Gasteiger partial charge in [0.05, 0.1) is 23.8 Å². The molecule has 1 amide bonds. The number of nitrogens with zero attached hydrogens (tertiary/aromatic N) is 4. The van der Waals surface area contributed by atoms with Crippen LogP contribution in [-0.2, 0) is 9.84 Å². The van der Waals surface area contributed by atoms with Crippen molar-refractivity contribution in [1.29, 1.82) is 0 Å². The lowest BCUT2D eigenvalue weighted by molar-refractivity contribution is 0.0741. The van der Waals surface area contributed by atoms with E-state index in [1.165, 1.54) is 4.90 Å². The summed E-state index contributed by atoms with van der Waals surface area (Å²) in [5.41, 5.74) is 1.49. The highest BCUT2D eigenvalue weighted by Gasteiger charge is 2.34. The molecule has 1 aromatic carbocycles. The van der Waals surface area contributed by atoms with Crippen molar-refractivity contribution in [2.75, 3.05) is 25.2 Å². The number of carbonyl (C=O) groups is 1. The molecule has 0 aliphatic carbocycles. The third-order valence-corrected chi connectivity index (χ3v) is 6.32. The molecular formula is C17H22N4O4S. The Morgan fingerprint density at radius 1 is 1.38 bits per heavy atom. The summed E-state index contributed by atoms with van der Waals surface area (Å²) in [4.78, 5) is 14.3. The van der Waals surface area contributed by atoms with Gasteiger partial charge in [-0.3, -0.25) is 4.79 Å². The minimum Gasteiger partial charge on any atom is -0.492 e. The highest BCUT2D eigenvalue weighted by atomic mass is 32.2. The standard InChI is InChI=1S/C17H22N4O4S/c1-4-25-15-8-6-5-7-14(15)21-12(2)16(18-19-21)17(22)20(3)13-9-10-26(23,24)11-13/h5-8,13H,4,9-11H2,1-3H3. The first-order valence-corrected chi connectivity index (χ1v) is 10.3. The Kier molecular flexibility index (Phi) is 4.99. The molecule has 3 rings (SSSR count). The molecule has 1 atom stereocenters. The van der Waals surface area contributed by atoms with Gasteiger partial charge in [-0.1, -0.05) is 17.3 Å². The zero-order chi connectivity index (χ0) is 18.9. The largest absolute Gasteiger partial charge is 0.492 e. The summed E-state index contributed by atoms with van der Waals surface area (Å²) in [6.45, 7) is 4.16. The number of para-hydroxylation sites is 2. The Balaban J connectivity index is 1.89. The fourth-order valence-electron chi connectivity index (χ4n) is 3.08. The van der Waals surface area contributed by atoms with Crippen LogP contribution in [0, 0.1) is 6.92 Å². The van der Waals surface area contributed by atoms with Crippen LogP contribution in [0.1, 0.15) is 29.5 Å². The molecule has 8 nitrogen and oxygen atoms in total. The van der Waals surface area contributed by atoms with Crippen LogP contribution in [0.5, 0.6) is 5.75 Å². The lowest BCUT2D eigenvalue weighted by Crippen LogP contribution is -2.38. The zero-order valence-corrected chi connectivity index (χ0v) is 15.9. The number of aromatic nitrogens is 3. The van der Waals surface area contributed by atoms with Crippen LogP contribution in [0.3, 0.4) is 0 Å². The molecule has 1 unspecified atom stereocenters. The average Bonchev–Trinajstić information content (AvgIpc) is 3.17. The number of hydrogen-bond donors (Lipinski definition) is 0. The summed E-state index contributed by atoms with van der Waals surface area (Å²) in [7, 11) is -1.46. The van der Waals surface area contributed by atoms with E-state index in [2.05, 4.69) is 10.3 Å². The first kappa shape index (κ1) is 18.4. The van der Waals surface area contributed by atoms with E-state index in [0.29, 0.717) is 30.2 Å². The van der Waals surface area contributed by atoms with Gasteiger partial charge in [0.25, 0.3) is 5.91 Å². The normalized spacial score (nSPS) is 18.7. The van der Waals surface area contributed by atoms with Crippen LogP contribution in [0.2, 0.25) is 0 Å². The maximum absolute atomic E-state index is 12.8. The van der Waals surface area contributed by atoms with Crippen LogP contribution in [-0.4, -0.2) is 65.4 Å². The summed E-state index contributed by atoms with van der Waals surface area (Å²) in [5, 5.41) is 8.15. The number of carbonyl (C=O) groups excluding carboxylic acids is 1. The molecule has 2 heterocycles. The van der Waals surface area contributed by atoms with E-state index in [9.17, 15) is 13.2 Å². The van der Waals surface area contributed by atoms with E-state index in [-0.39, 0.29) is 29.1 Å². The first-order chi connectivity index (χ1) is 12.3. The SMILES string of the molecule is CCOc1ccccc1-n1nnc(C(=O)N(C)C2CCS(=O)(=O)C2)c1C. The van der Waals surface area contributed by atoms with Crippen LogP contribution in [0.25, 0.3) is 5.69 Å². The van der Waals surface area contributed by atoms with Crippen molar-refractivity contribution in [1.82, 2.24) is 19.9 Å². The minimum atomic E-state index is -3.07. The van der Waals surface area contributed by atoms with Gasteiger partial charge in [0, 0.05) is 13.1 Å². The molecular weight excluding hydrogens is 356 g/mol. The van der Waals surface area contributed by atoms with Gasteiger partial charge in [-0.2, -0.15) is 0 Å². The van der Waals surface area contributed by atoms with E-state index in [1.807, 2.05) is 31.2 Å². The van der Waals surface area contributed by atoms with Gasteiger partial charge in [-0.05, 0) is 32.4 Å². The summed E-state index contributed by atoms with van der Waals surface area (Å²) < 4.78 is 30.5.